The Labute approximate surface area is 199 Å². The van der Waals surface area contributed by atoms with E-state index in [4.69, 9.17) is 9.26 Å². The number of aromatic carboxylic acids is 1. The summed E-state index contributed by atoms with van der Waals surface area (Å²) in [6.07, 6.45) is 6.82. The van der Waals surface area contributed by atoms with Crippen molar-refractivity contribution in [1.82, 2.24) is 5.16 Å². The van der Waals surface area contributed by atoms with Gasteiger partial charge in [0, 0.05) is 34.8 Å². The highest BCUT2D eigenvalue weighted by atomic mass is 16.5. The minimum atomic E-state index is -0.883. The first-order valence-electron chi connectivity index (χ1n) is 12.4. The molecule has 2 unspecified atom stereocenters. The van der Waals surface area contributed by atoms with Crippen LogP contribution in [0.2, 0.25) is 0 Å². The van der Waals surface area contributed by atoms with Gasteiger partial charge < -0.3 is 19.3 Å². The molecule has 2 aromatic carbocycles. The summed E-state index contributed by atoms with van der Waals surface area (Å²) >= 11 is 0. The Balaban J connectivity index is 1.18. The van der Waals surface area contributed by atoms with Gasteiger partial charge in [0.2, 0.25) is 0 Å². The van der Waals surface area contributed by atoms with Crippen LogP contribution in [-0.2, 0) is 11.3 Å². The van der Waals surface area contributed by atoms with E-state index in [1.165, 1.54) is 18.4 Å². The number of benzene rings is 2. The highest BCUT2D eigenvalue weighted by Gasteiger charge is 2.41. The molecule has 6 rings (SSSR count). The van der Waals surface area contributed by atoms with Crippen molar-refractivity contribution < 1.29 is 19.2 Å². The third-order valence-electron chi connectivity index (χ3n) is 7.73. The molecule has 3 aromatic rings. The van der Waals surface area contributed by atoms with E-state index >= 15 is 0 Å². The fourth-order valence-electron chi connectivity index (χ4n) is 5.84. The van der Waals surface area contributed by atoms with Crippen LogP contribution in [-0.4, -0.2) is 34.4 Å². The van der Waals surface area contributed by atoms with Crippen molar-refractivity contribution in [2.45, 2.75) is 76.2 Å². The average molecular weight is 459 g/mol. The Morgan fingerprint density at radius 1 is 1.06 bits per heavy atom. The molecule has 0 radical (unpaired) electrons. The van der Waals surface area contributed by atoms with Gasteiger partial charge in [-0.3, -0.25) is 0 Å². The lowest BCUT2D eigenvalue weighted by Gasteiger charge is -2.40. The smallest absolute Gasteiger partial charge is 0.335 e. The van der Waals surface area contributed by atoms with Crippen LogP contribution in [0.4, 0.5) is 5.69 Å². The zero-order valence-corrected chi connectivity index (χ0v) is 19.4. The zero-order chi connectivity index (χ0) is 23.2. The normalized spacial score (nSPS) is 23.9. The summed E-state index contributed by atoms with van der Waals surface area (Å²) in [5, 5.41) is 13.7. The molecule has 0 amide bonds. The number of fused-ring (bicyclic) bond motifs is 2. The molecule has 6 nitrogen and oxygen atoms in total. The van der Waals surface area contributed by atoms with Gasteiger partial charge in [-0.25, -0.2) is 4.79 Å². The topological polar surface area (TPSA) is 75.8 Å². The lowest BCUT2D eigenvalue weighted by Crippen LogP contribution is -2.45. The highest BCUT2D eigenvalue weighted by molar-refractivity contribution is 5.88. The molecule has 2 aliphatic heterocycles. The van der Waals surface area contributed by atoms with E-state index in [0.29, 0.717) is 30.2 Å². The van der Waals surface area contributed by atoms with Crippen LogP contribution in [0.15, 0.2) is 53.1 Å². The number of carbonyl (C=O) groups is 1. The minimum absolute atomic E-state index is 0.207. The highest BCUT2D eigenvalue weighted by Crippen LogP contribution is 2.45. The number of ether oxygens (including phenoxy) is 1. The molecular weight excluding hydrogens is 428 g/mol. The van der Waals surface area contributed by atoms with Crippen LogP contribution in [0.3, 0.4) is 0 Å². The lowest BCUT2D eigenvalue weighted by molar-refractivity contribution is 0.0147. The maximum absolute atomic E-state index is 11.2. The van der Waals surface area contributed by atoms with Crippen LogP contribution < -0.4 is 4.90 Å². The number of carboxylic acids is 1. The van der Waals surface area contributed by atoms with Crippen molar-refractivity contribution in [1.29, 1.82) is 0 Å². The van der Waals surface area contributed by atoms with Gasteiger partial charge in [0.25, 0.3) is 0 Å². The van der Waals surface area contributed by atoms with Crippen molar-refractivity contribution in [3.8, 4) is 11.3 Å². The first kappa shape index (κ1) is 21.4. The Bertz CT molecular complexity index is 1180. The van der Waals surface area contributed by atoms with Crippen LogP contribution in [0.25, 0.3) is 11.3 Å². The summed E-state index contributed by atoms with van der Waals surface area (Å²) in [7, 11) is 0. The van der Waals surface area contributed by atoms with Crippen molar-refractivity contribution in [2.75, 3.05) is 4.90 Å². The quantitative estimate of drug-likeness (QED) is 0.472. The summed E-state index contributed by atoms with van der Waals surface area (Å²) in [4.78, 5) is 13.7. The van der Waals surface area contributed by atoms with Crippen molar-refractivity contribution in [3.63, 3.8) is 0 Å². The summed E-state index contributed by atoms with van der Waals surface area (Å²) in [6, 6.07) is 16.5. The number of aromatic nitrogens is 1. The molecule has 3 heterocycles. The summed E-state index contributed by atoms with van der Waals surface area (Å²) in [6.45, 7) is 2.65. The fourth-order valence-corrected chi connectivity index (χ4v) is 5.84. The van der Waals surface area contributed by atoms with Crippen LogP contribution >= 0.6 is 0 Å². The molecule has 34 heavy (non-hydrogen) atoms. The van der Waals surface area contributed by atoms with E-state index in [-0.39, 0.29) is 6.10 Å². The van der Waals surface area contributed by atoms with Gasteiger partial charge in [-0.05, 0) is 75.3 Å². The van der Waals surface area contributed by atoms with Gasteiger partial charge in [-0.15, -0.1) is 0 Å². The van der Waals surface area contributed by atoms with E-state index in [9.17, 15) is 9.90 Å². The molecule has 3 fully saturated rings. The van der Waals surface area contributed by atoms with Crippen LogP contribution in [0, 0.1) is 6.92 Å². The van der Waals surface area contributed by atoms with Gasteiger partial charge in [-0.1, -0.05) is 29.4 Å². The van der Waals surface area contributed by atoms with Crippen molar-refractivity contribution in [3.05, 3.63) is 71.0 Å². The summed E-state index contributed by atoms with van der Waals surface area (Å²) in [5.41, 5.74) is 5.82. The van der Waals surface area contributed by atoms with Crippen LogP contribution in [0.5, 0.6) is 0 Å². The Morgan fingerprint density at radius 3 is 2.41 bits per heavy atom. The molecule has 6 heteroatoms. The lowest BCUT2D eigenvalue weighted by atomic mass is 9.98. The molecule has 2 saturated heterocycles. The summed E-state index contributed by atoms with van der Waals surface area (Å²) < 4.78 is 12.4. The number of hydrogen-bond donors (Lipinski definition) is 1. The molecule has 3 atom stereocenters. The second-order valence-electron chi connectivity index (χ2n) is 10.0. The molecule has 2 bridgehead atoms. The van der Waals surface area contributed by atoms with E-state index < -0.39 is 5.97 Å². The number of anilines is 1. The second-order valence-corrected chi connectivity index (χ2v) is 10.0. The van der Waals surface area contributed by atoms with Crippen molar-refractivity contribution in [2.24, 2.45) is 0 Å². The molecule has 176 valence electrons. The Morgan fingerprint density at radius 2 is 1.76 bits per heavy atom. The SMILES string of the molecule is Cc1ccccc1-c1noc(C2CC2)c1COC1CC2CC[C@@H](C1)N2c1ccc(C(=O)O)cc1. The third kappa shape index (κ3) is 3.90. The van der Waals surface area contributed by atoms with E-state index in [1.807, 2.05) is 12.1 Å². The van der Waals surface area contributed by atoms with E-state index in [1.54, 1.807) is 12.1 Å². The van der Waals surface area contributed by atoms with Gasteiger partial charge >= 0.3 is 5.97 Å². The first-order valence-corrected chi connectivity index (χ1v) is 12.4. The van der Waals surface area contributed by atoms with Crippen molar-refractivity contribution >= 4 is 11.7 Å². The Hall–Kier alpha value is -3.12. The minimum Gasteiger partial charge on any atom is -0.478 e. The molecule has 1 aromatic heterocycles. The number of hydrogen-bond acceptors (Lipinski definition) is 5. The largest absolute Gasteiger partial charge is 0.478 e. The average Bonchev–Trinajstić information content (AvgIpc) is 3.55. The predicted octanol–water partition coefficient (Wildman–Crippen LogP) is 5.94. The summed E-state index contributed by atoms with van der Waals surface area (Å²) in [5.74, 6) is 0.610. The number of rotatable bonds is 7. The van der Waals surface area contributed by atoms with Gasteiger partial charge in [0.1, 0.15) is 11.5 Å². The third-order valence-corrected chi connectivity index (χ3v) is 7.73. The Kier molecular flexibility index (Phi) is 5.41. The molecule has 1 aliphatic carbocycles. The zero-order valence-electron chi connectivity index (χ0n) is 19.4. The number of nitrogens with zero attached hydrogens (tertiary/aromatic N) is 2. The molecule has 1 saturated carbocycles. The number of aryl methyl sites for hydroxylation is 1. The van der Waals surface area contributed by atoms with Crippen LogP contribution in [0.1, 0.15) is 71.7 Å². The van der Waals surface area contributed by atoms with Gasteiger partial charge in [-0.2, -0.15) is 0 Å². The molecular formula is C28H30N2O4. The predicted molar refractivity (Wildman–Crippen MR) is 129 cm³/mol. The second kappa shape index (κ2) is 8.58. The monoisotopic (exact) mass is 458 g/mol. The standard InChI is InChI=1S/C28H30N2O4/c1-17-4-2-3-5-24(17)26-25(27(34-29-26)18-6-7-18)16-33-23-14-21-12-13-22(15-23)30(21)20-10-8-19(9-11-20)28(31)32/h2-5,8-11,18,21-23H,6-7,12-16H2,1H3,(H,31,32)/t21-,22?,23?/m0/s1. The molecule has 0 spiro atoms. The maximum atomic E-state index is 11.2. The number of piperidine rings is 1. The van der Waals surface area contributed by atoms with Gasteiger partial charge in [0.05, 0.1) is 18.3 Å². The van der Waals surface area contributed by atoms with E-state index in [2.05, 4.69) is 41.2 Å². The fraction of sp³-hybridized carbons (Fsp3) is 0.429. The first-order chi connectivity index (χ1) is 16.6. The number of carboxylic acid groups (broad SMARTS) is 1. The van der Waals surface area contributed by atoms with E-state index in [0.717, 1.165) is 54.0 Å². The van der Waals surface area contributed by atoms with Gasteiger partial charge in [0.15, 0.2) is 0 Å². The molecule has 1 N–H and O–H groups in total. The maximum Gasteiger partial charge on any atom is 0.335 e. The molecule has 3 aliphatic rings.